The van der Waals surface area contributed by atoms with Gasteiger partial charge in [-0.15, -0.1) is 0 Å². The van der Waals surface area contributed by atoms with Gasteiger partial charge in [0.2, 0.25) is 0 Å². The first-order valence-corrected chi connectivity index (χ1v) is 20.0. The van der Waals surface area contributed by atoms with Crippen molar-refractivity contribution in [2.45, 2.75) is 87.9 Å². The molecule has 0 aliphatic carbocycles. The fourth-order valence-corrected chi connectivity index (χ4v) is 10.8. The molecular weight excluding hydrogens is 639 g/mol. The van der Waals surface area contributed by atoms with Gasteiger partial charge in [0.05, 0.1) is 11.9 Å². The molecule has 4 aromatic rings. The fourth-order valence-electron chi connectivity index (χ4n) is 5.19. The summed E-state index contributed by atoms with van der Waals surface area (Å²) in [6.45, 7) is 9.44. The summed E-state index contributed by atoms with van der Waals surface area (Å²) in [4.78, 5) is 21.4. The summed E-state index contributed by atoms with van der Waals surface area (Å²) in [5.74, 6) is -0.0796. The molecule has 0 saturated carbocycles. The van der Waals surface area contributed by atoms with Crippen molar-refractivity contribution in [2.24, 2.45) is 11.8 Å². The number of fused-ring (bicyclic) bond motifs is 2. The smallest absolute Gasteiger partial charge is 0.0721 e. The molecule has 0 saturated heterocycles. The minimum Gasteiger partial charge on any atom is -0.545 e. The van der Waals surface area contributed by atoms with E-state index in [-0.39, 0.29) is 32.3 Å². The molecule has 0 amide bonds. The van der Waals surface area contributed by atoms with Crippen LogP contribution in [0.3, 0.4) is 0 Å². The molecule has 0 radical (unpaired) electrons. The van der Waals surface area contributed by atoms with Gasteiger partial charge >= 0.3 is 121 Å². The molecule has 0 spiro atoms. The van der Waals surface area contributed by atoms with Gasteiger partial charge in [-0.3, -0.25) is 0 Å². The van der Waals surface area contributed by atoms with E-state index in [1.165, 1.54) is 51.4 Å². The van der Waals surface area contributed by atoms with Crippen molar-refractivity contribution in [1.82, 2.24) is 0 Å². The average Bonchev–Trinajstić information content (AvgIpc) is 3.04. The third-order valence-electron chi connectivity index (χ3n) is 7.97. The number of benzene rings is 4. The van der Waals surface area contributed by atoms with E-state index in [2.05, 4.69) is 27.7 Å². The van der Waals surface area contributed by atoms with Crippen LogP contribution in [0.15, 0.2) is 84.9 Å². The number of rotatable bonds is 14. The van der Waals surface area contributed by atoms with Crippen LogP contribution < -0.4 is 10.2 Å². The van der Waals surface area contributed by atoms with E-state index in [1.807, 2.05) is 48.5 Å². The molecule has 4 rings (SSSR count). The Hall–Kier alpha value is -2.86. The summed E-state index contributed by atoms with van der Waals surface area (Å²) in [6, 6.07) is 25.0. The molecule has 0 aromatic heterocycles. The van der Waals surface area contributed by atoms with Crippen molar-refractivity contribution in [3.05, 3.63) is 96.1 Å². The summed E-state index contributed by atoms with van der Waals surface area (Å²) in [5.41, 5.74) is 0.496. The first kappa shape index (κ1) is 36.3. The molecule has 2 unspecified atom stereocenters. The normalized spacial score (nSPS) is 11.8. The first-order chi connectivity index (χ1) is 20.9. The molecule has 0 heterocycles. The Morgan fingerprint density at radius 1 is 0.581 bits per heavy atom. The van der Waals surface area contributed by atoms with Crippen molar-refractivity contribution < 1.29 is 19.8 Å². The van der Waals surface area contributed by atoms with E-state index in [0.717, 1.165) is 33.4 Å². The van der Waals surface area contributed by atoms with E-state index in [1.54, 1.807) is 45.3 Å². The zero-order chi connectivity index (χ0) is 31.5. The number of carbonyl (C=O) groups excluding carboxylic acids is 2. The predicted molar refractivity (Wildman–Crippen MR) is 179 cm³/mol. The van der Waals surface area contributed by atoms with E-state index < -0.39 is 11.9 Å². The summed E-state index contributed by atoms with van der Waals surface area (Å²) in [6.07, 6.45) is 11.6. The molecule has 5 heteroatoms. The number of carbonyl (C=O) groups is 2. The van der Waals surface area contributed by atoms with Crippen molar-refractivity contribution in [3.63, 3.8) is 0 Å². The topological polar surface area (TPSA) is 80.3 Å². The quantitative estimate of drug-likeness (QED) is 0.125. The molecule has 0 aliphatic rings. The third kappa shape index (κ3) is 12.7. The Morgan fingerprint density at radius 2 is 0.953 bits per heavy atom. The molecule has 0 bridgehead atoms. The monoisotopic (exact) mass is 688 g/mol. The van der Waals surface area contributed by atoms with Gasteiger partial charge in [0.25, 0.3) is 0 Å². The number of aromatic carboxylic acids is 2. The largest absolute Gasteiger partial charge is 0.545 e. The van der Waals surface area contributed by atoms with Crippen LogP contribution in [0.5, 0.6) is 0 Å². The van der Waals surface area contributed by atoms with Crippen LogP contribution in [0.25, 0.3) is 21.5 Å². The van der Waals surface area contributed by atoms with Gasteiger partial charge in [-0.05, 0) is 21.5 Å². The summed E-state index contributed by atoms with van der Waals surface area (Å²) >= 11 is -0.0388. The molecule has 0 aliphatic heterocycles. The SMILES string of the molecule is CCCCC(CC)[CH2][Sn+2][CH2]C(CC)CCCC.O=C([O-])c1cccc2ccccc12.O=C([O-])c1cccc2ccccc12. The van der Waals surface area contributed by atoms with E-state index >= 15 is 0 Å². The minimum atomic E-state index is -1.13. The second-order valence-electron chi connectivity index (χ2n) is 11.1. The fraction of sp³-hybridized carbons (Fsp3) is 0.421. The van der Waals surface area contributed by atoms with Crippen LogP contribution in [0.2, 0.25) is 8.87 Å². The summed E-state index contributed by atoms with van der Waals surface area (Å²) in [5, 5.41) is 24.7. The Bertz CT molecular complexity index is 1270. The zero-order valence-electron chi connectivity index (χ0n) is 26.4. The van der Waals surface area contributed by atoms with Gasteiger partial charge < -0.3 is 19.8 Å². The molecule has 0 fully saturated rings. The third-order valence-corrected chi connectivity index (χ3v) is 12.9. The van der Waals surface area contributed by atoms with Gasteiger partial charge in [-0.25, -0.2) is 0 Å². The van der Waals surface area contributed by atoms with E-state index in [4.69, 9.17) is 0 Å². The maximum atomic E-state index is 10.7. The Balaban J connectivity index is 0.000000227. The van der Waals surface area contributed by atoms with E-state index in [9.17, 15) is 19.8 Å². The van der Waals surface area contributed by atoms with E-state index in [0.29, 0.717) is 0 Å². The van der Waals surface area contributed by atoms with Crippen LogP contribution in [0, 0.1) is 11.8 Å². The Kier molecular flexibility index (Phi) is 17.7. The zero-order valence-corrected chi connectivity index (χ0v) is 29.3. The van der Waals surface area contributed by atoms with Gasteiger partial charge in [-0.2, -0.15) is 0 Å². The average molecular weight is 688 g/mol. The molecule has 4 aromatic carbocycles. The molecule has 2 atom stereocenters. The minimum absolute atomic E-state index is 0.0388. The van der Waals surface area contributed by atoms with Crippen molar-refractivity contribution >= 4 is 54.6 Å². The van der Waals surface area contributed by atoms with Crippen LogP contribution in [0.1, 0.15) is 99.8 Å². The second-order valence-corrected chi connectivity index (χ2v) is 14.9. The van der Waals surface area contributed by atoms with Crippen LogP contribution in [0.4, 0.5) is 0 Å². The molecule has 43 heavy (non-hydrogen) atoms. The molecular formula is C38H48O4Sn. The van der Waals surface area contributed by atoms with Crippen molar-refractivity contribution in [2.75, 3.05) is 0 Å². The summed E-state index contributed by atoms with van der Waals surface area (Å²) < 4.78 is 3.31. The van der Waals surface area contributed by atoms with Gasteiger partial charge in [0, 0.05) is 11.1 Å². The summed E-state index contributed by atoms with van der Waals surface area (Å²) in [7, 11) is 0. The number of carboxylic acids is 2. The predicted octanol–water partition coefficient (Wildman–Crippen LogP) is 8.37. The molecule has 228 valence electrons. The van der Waals surface area contributed by atoms with Gasteiger partial charge in [0.1, 0.15) is 0 Å². The van der Waals surface area contributed by atoms with Crippen LogP contribution >= 0.6 is 0 Å². The standard InChI is InChI=1S/2C11H8O2.2C8H17.Sn/c2*12-11(13)10-7-3-5-8-4-1-2-6-9(8)10;2*1-4-6-7-8(3)5-2;/h2*1-7H,(H,12,13);2*8H,3-7H2,1-2H3;/q;;;;+2/p-2. The van der Waals surface area contributed by atoms with Crippen molar-refractivity contribution in [3.8, 4) is 0 Å². The number of hydrogen-bond donors (Lipinski definition) is 0. The number of carboxylic acid groups (broad SMARTS) is 2. The Labute approximate surface area is 269 Å². The maximum Gasteiger partial charge on any atom is 0.0721 e. The maximum absolute atomic E-state index is 10.7. The van der Waals surface area contributed by atoms with Crippen LogP contribution in [-0.4, -0.2) is 33.1 Å². The Morgan fingerprint density at radius 3 is 1.30 bits per heavy atom. The molecule has 0 N–H and O–H groups in total. The number of unbranched alkanes of at least 4 members (excludes halogenated alkanes) is 2. The van der Waals surface area contributed by atoms with Crippen molar-refractivity contribution in [1.29, 1.82) is 0 Å². The second kappa shape index (κ2) is 20.9. The number of hydrogen-bond acceptors (Lipinski definition) is 4. The van der Waals surface area contributed by atoms with Gasteiger partial charge in [0.15, 0.2) is 0 Å². The van der Waals surface area contributed by atoms with Crippen LogP contribution in [-0.2, 0) is 0 Å². The first-order valence-electron chi connectivity index (χ1n) is 15.9. The van der Waals surface area contributed by atoms with Gasteiger partial charge in [-0.1, -0.05) is 84.9 Å². The molecule has 4 nitrogen and oxygen atoms in total.